The number of aromatic nitrogens is 2. The first-order chi connectivity index (χ1) is 7.02. The number of nitrogens with zero attached hydrogens (tertiary/aromatic N) is 2. The third-order valence-corrected chi connectivity index (χ3v) is 2.75. The van der Waals surface area contributed by atoms with Gasteiger partial charge >= 0.3 is 0 Å². The fourth-order valence-electron chi connectivity index (χ4n) is 2.08. The summed E-state index contributed by atoms with van der Waals surface area (Å²) in [5.41, 5.74) is 12.2. The predicted molar refractivity (Wildman–Crippen MR) is 56.3 cm³/mol. The molecule has 0 saturated heterocycles. The van der Waals surface area contributed by atoms with E-state index in [1.165, 1.54) is 0 Å². The van der Waals surface area contributed by atoms with Crippen molar-refractivity contribution in [2.45, 2.75) is 38.6 Å². The van der Waals surface area contributed by atoms with Gasteiger partial charge in [-0.3, -0.25) is 9.48 Å². The Morgan fingerprint density at radius 1 is 1.67 bits per heavy atom. The topological polar surface area (TPSA) is 99.2 Å². The van der Waals surface area contributed by atoms with Crippen LogP contribution < -0.4 is 17.0 Å². The van der Waals surface area contributed by atoms with E-state index in [9.17, 15) is 9.90 Å². The van der Waals surface area contributed by atoms with Gasteiger partial charge in [0.1, 0.15) is 5.69 Å². The van der Waals surface area contributed by atoms with Gasteiger partial charge in [-0.15, -0.1) is 0 Å². The van der Waals surface area contributed by atoms with E-state index in [1.54, 1.807) is 16.3 Å². The van der Waals surface area contributed by atoms with E-state index < -0.39 is 6.10 Å². The van der Waals surface area contributed by atoms with Crippen molar-refractivity contribution < 1.29 is 5.11 Å². The second-order valence-electron chi connectivity index (χ2n) is 4.04. The van der Waals surface area contributed by atoms with Gasteiger partial charge < -0.3 is 16.6 Å². The average Bonchev–Trinajstić information content (AvgIpc) is 2.62. The molecule has 1 aromatic heterocycles. The highest BCUT2D eigenvalue weighted by Gasteiger charge is 2.26. The molecule has 0 fully saturated rings. The van der Waals surface area contributed by atoms with Gasteiger partial charge in [0.25, 0.3) is 5.56 Å². The smallest absolute Gasteiger partial charge is 0.290 e. The molecule has 84 valence electrons. The second-order valence-corrected chi connectivity index (χ2v) is 4.04. The number of anilines is 1. The molecule has 2 unspecified atom stereocenters. The highest BCUT2D eigenvalue weighted by Crippen LogP contribution is 2.21. The first-order valence-electron chi connectivity index (χ1n) is 5.05. The van der Waals surface area contributed by atoms with Gasteiger partial charge in [-0.05, 0) is 6.92 Å². The Balaban J connectivity index is 2.54. The van der Waals surface area contributed by atoms with Crippen LogP contribution in [-0.4, -0.2) is 20.6 Å². The first-order valence-corrected chi connectivity index (χ1v) is 5.05. The van der Waals surface area contributed by atoms with Crippen LogP contribution in [0.4, 0.5) is 5.69 Å². The number of hydrogen-bond acceptors (Lipinski definition) is 4. The van der Waals surface area contributed by atoms with Crippen LogP contribution in [0.5, 0.6) is 0 Å². The summed E-state index contributed by atoms with van der Waals surface area (Å²) in [4.78, 5) is 11.7. The molecule has 1 aliphatic rings. The quantitative estimate of drug-likeness (QED) is 0.586. The molecule has 5 N–H and O–H groups in total. The molecular formula is C9H16N4O2. The van der Waals surface area contributed by atoms with Gasteiger partial charge in [0.15, 0.2) is 0 Å². The molecule has 0 bridgehead atoms. The van der Waals surface area contributed by atoms with Crippen LogP contribution in [-0.2, 0) is 13.0 Å². The van der Waals surface area contributed by atoms with Crippen molar-refractivity contribution in [3.05, 3.63) is 16.0 Å². The first kappa shape index (κ1) is 10.3. The molecular weight excluding hydrogens is 196 g/mol. The lowest BCUT2D eigenvalue weighted by molar-refractivity contribution is 0.191. The Morgan fingerprint density at radius 2 is 2.33 bits per heavy atom. The largest absolute Gasteiger partial charge is 0.393 e. The molecule has 2 atom stereocenters. The third kappa shape index (κ3) is 1.46. The fraction of sp³-hybridized carbons (Fsp3) is 0.667. The minimum absolute atomic E-state index is 0.196. The van der Waals surface area contributed by atoms with Crippen LogP contribution in [0, 0.1) is 0 Å². The summed E-state index contributed by atoms with van der Waals surface area (Å²) in [7, 11) is 0. The van der Waals surface area contributed by atoms with Gasteiger partial charge in [0, 0.05) is 19.4 Å². The van der Waals surface area contributed by atoms with Gasteiger partial charge in [-0.1, -0.05) is 0 Å². The summed E-state index contributed by atoms with van der Waals surface area (Å²) in [6, 6.07) is 0. The predicted octanol–water partition coefficient (Wildman–Crippen LogP) is -0.984. The zero-order valence-electron chi connectivity index (χ0n) is 8.68. The van der Waals surface area contributed by atoms with E-state index in [-0.39, 0.29) is 17.4 Å². The van der Waals surface area contributed by atoms with E-state index in [0.717, 1.165) is 6.42 Å². The zero-order valence-corrected chi connectivity index (χ0v) is 8.68. The molecule has 2 heterocycles. The Kier molecular flexibility index (Phi) is 2.32. The van der Waals surface area contributed by atoms with Crippen LogP contribution in [0.3, 0.4) is 0 Å². The Labute approximate surface area is 87.1 Å². The summed E-state index contributed by atoms with van der Waals surface area (Å²) < 4.78 is 3.27. The molecule has 0 aromatic carbocycles. The maximum Gasteiger partial charge on any atom is 0.290 e. The van der Waals surface area contributed by atoms with Crippen molar-refractivity contribution in [3.63, 3.8) is 0 Å². The zero-order chi connectivity index (χ0) is 11.2. The van der Waals surface area contributed by atoms with Crippen LogP contribution in [0.1, 0.15) is 25.2 Å². The molecule has 1 aliphatic heterocycles. The van der Waals surface area contributed by atoms with E-state index in [4.69, 9.17) is 11.5 Å². The van der Waals surface area contributed by atoms with Gasteiger partial charge in [0.2, 0.25) is 0 Å². The lowest BCUT2D eigenvalue weighted by Crippen LogP contribution is -2.22. The fourth-order valence-corrected chi connectivity index (χ4v) is 2.08. The molecule has 0 saturated carbocycles. The number of rotatable bonds is 2. The molecule has 15 heavy (non-hydrogen) atoms. The molecule has 0 amide bonds. The molecule has 2 rings (SSSR count). The highest BCUT2D eigenvalue weighted by molar-refractivity contribution is 5.42. The molecule has 0 spiro atoms. The van der Waals surface area contributed by atoms with Crippen LogP contribution in [0.2, 0.25) is 0 Å². The minimum atomic E-state index is -0.529. The molecule has 0 aliphatic carbocycles. The number of fused-ring (bicyclic) bond motifs is 1. The van der Waals surface area contributed by atoms with Crippen molar-refractivity contribution >= 4 is 5.69 Å². The van der Waals surface area contributed by atoms with E-state index in [1.807, 2.05) is 0 Å². The molecule has 6 nitrogen and oxygen atoms in total. The van der Waals surface area contributed by atoms with E-state index in [0.29, 0.717) is 18.7 Å². The summed E-state index contributed by atoms with van der Waals surface area (Å²) in [6.45, 7) is 2.26. The second kappa shape index (κ2) is 3.39. The van der Waals surface area contributed by atoms with E-state index in [2.05, 4.69) is 0 Å². The third-order valence-electron chi connectivity index (χ3n) is 2.75. The number of nitrogen functional groups attached to an aromatic ring is 1. The minimum Gasteiger partial charge on any atom is -0.393 e. The van der Waals surface area contributed by atoms with Crippen LogP contribution >= 0.6 is 0 Å². The van der Waals surface area contributed by atoms with E-state index >= 15 is 0 Å². The average molecular weight is 212 g/mol. The summed E-state index contributed by atoms with van der Waals surface area (Å²) in [6.07, 6.45) is 0.368. The maximum absolute atomic E-state index is 11.7. The number of hydrogen-bond donors (Lipinski definition) is 3. The Hall–Kier alpha value is -1.27. The lowest BCUT2D eigenvalue weighted by Gasteiger charge is -2.12. The van der Waals surface area contributed by atoms with Crippen molar-refractivity contribution in [1.82, 2.24) is 9.36 Å². The van der Waals surface area contributed by atoms with Crippen LogP contribution in [0.25, 0.3) is 0 Å². The number of aliphatic hydroxyl groups is 1. The van der Waals surface area contributed by atoms with Crippen molar-refractivity contribution in [2.24, 2.45) is 5.73 Å². The van der Waals surface area contributed by atoms with Gasteiger partial charge in [-0.2, -0.15) is 0 Å². The maximum atomic E-state index is 11.7. The SMILES string of the molecule is CC(O)Cc1c(N)c(=O)n2n1C(N)CC2. The van der Waals surface area contributed by atoms with Gasteiger partial charge in [-0.25, -0.2) is 4.68 Å². The number of aliphatic hydroxyl groups excluding tert-OH is 1. The van der Waals surface area contributed by atoms with Crippen LogP contribution in [0.15, 0.2) is 4.79 Å². The van der Waals surface area contributed by atoms with Gasteiger partial charge in [0.05, 0.1) is 18.0 Å². The summed E-state index contributed by atoms with van der Waals surface area (Å²) in [5.74, 6) is 0. The Bertz CT molecular complexity index is 432. The Morgan fingerprint density at radius 3 is 2.93 bits per heavy atom. The molecule has 1 aromatic rings. The highest BCUT2D eigenvalue weighted by atomic mass is 16.3. The number of nitrogens with two attached hydrogens (primary N) is 2. The summed E-state index contributed by atoms with van der Waals surface area (Å²) in [5, 5.41) is 9.34. The monoisotopic (exact) mass is 212 g/mol. The molecule has 0 radical (unpaired) electrons. The van der Waals surface area contributed by atoms with Crippen molar-refractivity contribution in [3.8, 4) is 0 Å². The lowest BCUT2D eigenvalue weighted by atomic mass is 10.2. The molecule has 6 heteroatoms. The van der Waals surface area contributed by atoms with Crippen molar-refractivity contribution in [2.75, 3.05) is 5.73 Å². The normalized spacial score (nSPS) is 21.7. The summed E-state index contributed by atoms with van der Waals surface area (Å²) >= 11 is 0. The standard InChI is InChI=1S/C9H16N4O2/c1-5(14)4-6-8(11)9(15)12-3-2-7(10)13(6)12/h5,7,14H,2-4,10-11H2,1H3. The van der Waals surface area contributed by atoms with Crippen molar-refractivity contribution in [1.29, 1.82) is 0 Å².